The van der Waals surface area contributed by atoms with Gasteiger partial charge in [-0.1, -0.05) is 35.9 Å². The monoisotopic (exact) mass is 499 g/mol. The Labute approximate surface area is 218 Å². The molecule has 0 unspecified atom stereocenters. The zero-order valence-corrected chi connectivity index (χ0v) is 21.5. The maximum atomic E-state index is 13.2. The van der Waals surface area contributed by atoms with Crippen LogP contribution in [0.2, 0.25) is 0 Å². The molecule has 2 aromatic carbocycles. The zero-order chi connectivity index (χ0) is 26.2. The second-order valence-corrected chi connectivity index (χ2v) is 9.07. The molecule has 1 saturated heterocycles. The highest BCUT2D eigenvalue weighted by atomic mass is 16.5. The standard InChI is InChI=1S/C29H33N5O3/c1-4-16-34(29(36)24-10-12-25(37-3)13-11-24)21-28(35)33-18-5-17-32(19-20-33)27-15-14-26(30-31-27)23-8-6-22(2)7-9-23/h4,6-15H,1,5,16-21H2,2-3H3. The molecule has 1 aliphatic heterocycles. The minimum atomic E-state index is -0.212. The third-order valence-electron chi connectivity index (χ3n) is 6.47. The van der Waals surface area contributed by atoms with E-state index in [0.717, 1.165) is 30.0 Å². The third-order valence-corrected chi connectivity index (χ3v) is 6.47. The fourth-order valence-electron chi connectivity index (χ4n) is 4.32. The summed E-state index contributed by atoms with van der Waals surface area (Å²) in [5.74, 6) is 1.18. The van der Waals surface area contributed by atoms with Crippen LogP contribution in [0.1, 0.15) is 22.3 Å². The van der Waals surface area contributed by atoms with E-state index >= 15 is 0 Å². The van der Waals surface area contributed by atoms with Gasteiger partial charge in [-0.2, -0.15) is 0 Å². The zero-order valence-electron chi connectivity index (χ0n) is 21.5. The fourth-order valence-corrected chi connectivity index (χ4v) is 4.32. The van der Waals surface area contributed by atoms with Crippen molar-refractivity contribution in [1.82, 2.24) is 20.0 Å². The fraction of sp³-hybridized carbons (Fsp3) is 0.310. The van der Waals surface area contributed by atoms with E-state index in [1.807, 2.05) is 29.2 Å². The Balaban J connectivity index is 1.36. The van der Waals surface area contributed by atoms with Gasteiger partial charge < -0.3 is 19.4 Å². The highest BCUT2D eigenvalue weighted by molar-refractivity contribution is 5.96. The van der Waals surface area contributed by atoms with E-state index < -0.39 is 0 Å². The lowest BCUT2D eigenvalue weighted by molar-refractivity contribution is -0.131. The predicted octanol–water partition coefficient (Wildman–Crippen LogP) is 3.83. The highest BCUT2D eigenvalue weighted by Crippen LogP contribution is 2.20. The van der Waals surface area contributed by atoms with Gasteiger partial charge in [0.25, 0.3) is 5.91 Å². The van der Waals surface area contributed by atoms with Gasteiger partial charge in [0.1, 0.15) is 12.3 Å². The van der Waals surface area contributed by atoms with Crippen molar-refractivity contribution in [2.45, 2.75) is 13.3 Å². The SMILES string of the molecule is C=CCN(CC(=O)N1CCCN(c2ccc(-c3ccc(C)cc3)nn2)CC1)C(=O)c1ccc(OC)cc1. The van der Waals surface area contributed by atoms with Crippen molar-refractivity contribution in [3.05, 3.63) is 84.4 Å². The highest BCUT2D eigenvalue weighted by Gasteiger charge is 2.24. The normalized spacial score (nSPS) is 13.6. The molecular formula is C29H33N5O3. The van der Waals surface area contributed by atoms with Crippen molar-refractivity contribution >= 4 is 17.6 Å². The Morgan fingerprint density at radius 2 is 1.73 bits per heavy atom. The first-order chi connectivity index (χ1) is 18.0. The molecule has 0 atom stereocenters. The number of benzene rings is 2. The van der Waals surface area contributed by atoms with Gasteiger partial charge in [0.05, 0.1) is 12.8 Å². The average molecular weight is 500 g/mol. The lowest BCUT2D eigenvalue weighted by Crippen LogP contribution is -2.44. The summed E-state index contributed by atoms with van der Waals surface area (Å²) in [6, 6.07) is 19.1. The van der Waals surface area contributed by atoms with E-state index in [1.165, 1.54) is 10.5 Å². The van der Waals surface area contributed by atoms with E-state index in [2.05, 4.69) is 40.7 Å². The molecule has 8 heteroatoms. The number of hydrogen-bond donors (Lipinski definition) is 0. The average Bonchev–Trinajstić information content (AvgIpc) is 3.20. The molecular weight excluding hydrogens is 466 g/mol. The molecule has 1 aliphatic rings. The molecule has 0 aliphatic carbocycles. The Bertz CT molecular complexity index is 1210. The van der Waals surface area contributed by atoms with Crippen LogP contribution in [0.3, 0.4) is 0 Å². The summed E-state index contributed by atoms with van der Waals surface area (Å²) in [6.45, 7) is 8.72. The topological polar surface area (TPSA) is 78.9 Å². The summed E-state index contributed by atoms with van der Waals surface area (Å²) in [4.78, 5) is 31.7. The number of nitrogens with zero attached hydrogens (tertiary/aromatic N) is 5. The van der Waals surface area contributed by atoms with Crippen LogP contribution in [0.4, 0.5) is 5.82 Å². The molecule has 37 heavy (non-hydrogen) atoms. The van der Waals surface area contributed by atoms with Crippen LogP contribution in [0.15, 0.2) is 73.3 Å². The van der Waals surface area contributed by atoms with Crippen LogP contribution in [-0.2, 0) is 4.79 Å². The Morgan fingerprint density at radius 1 is 0.973 bits per heavy atom. The summed E-state index contributed by atoms with van der Waals surface area (Å²) in [5, 5.41) is 8.88. The van der Waals surface area contributed by atoms with Crippen molar-refractivity contribution in [2.75, 3.05) is 51.3 Å². The molecule has 2 heterocycles. The first kappa shape index (κ1) is 25.9. The van der Waals surface area contributed by atoms with Crippen molar-refractivity contribution in [3.8, 4) is 17.0 Å². The van der Waals surface area contributed by atoms with Crippen LogP contribution in [0, 0.1) is 6.92 Å². The van der Waals surface area contributed by atoms with Crippen LogP contribution in [0.5, 0.6) is 5.75 Å². The van der Waals surface area contributed by atoms with Crippen molar-refractivity contribution in [2.24, 2.45) is 0 Å². The largest absolute Gasteiger partial charge is 0.497 e. The number of carbonyl (C=O) groups excluding carboxylic acids is 2. The van der Waals surface area contributed by atoms with E-state index in [-0.39, 0.29) is 18.4 Å². The molecule has 0 radical (unpaired) electrons. The van der Waals surface area contributed by atoms with E-state index in [0.29, 0.717) is 37.5 Å². The number of hydrogen-bond acceptors (Lipinski definition) is 6. The maximum absolute atomic E-state index is 13.2. The number of anilines is 1. The minimum absolute atomic E-state index is 0.00192. The second kappa shape index (κ2) is 12.2. The number of ether oxygens (including phenoxy) is 1. The Kier molecular flexibility index (Phi) is 8.51. The van der Waals surface area contributed by atoms with Crippen LogP contribution >= 0.6 is 0 Å². The van der Waals surface area contributed by atoms with Gasteiger partial charge in [0.15, 0.2) is 5.82 Å². The molecule has 1 aromatic heterocycles. The number of carbonyl (C=O) groups is 2. The predicted molar refractivity (Wildman–Crippen MR) is 145 cm³/mol. The Morgan fingerprint density at radius 3 is 2.38 bits per heavy atom. The molecule has 3 aromatic rings. The van der Waals surface area contributed by atoms with Gasteiger partial charge in [-0.05, 0) is 49.7 Å². The van der Waals surface area contributed by atoms with Crippen molar-refractivity contribution in [3.63, 3.8) is 0 Å². The first-order valence-corrected chi connectivity index (χ1v) is 12.5. The van der Waals surface area contributed by atoms with Gasteiger partial charge in [-0.3, -0.25) is 9.59 Å². The third kappa shape index (κ3) is 6.52. The van der Waals surface area contributed by atoms with E-state index in [1.54, 1.807) is 37.5 Å². The molecule has 0 saturated carbocycles. The molecule has 1 fully saturated rings. The van der Waals surface area contributed by atoms with Crippen molar-refractivity contribution in [1.29, 1.82) is 0 Å². The van der Waals surface area contributed by atoms with Gasteiger partial charge in [-0.25, -0.2) is 0 Å². The first-order valence-electron chi connectivity index (χ1n) is 12.5. The van der Waals surface area contributed by atoms with Gasteiger partial charge >= 0.3 is 0 Å². The van der Waals surface area contributed by atoms with Crippen LogP contribution in [0.25, 0.3) is 11.3 Å². The van der Waals surface area contributed by atoms with Gasteiger partial charge in [0.2, 0.25) is 5.91 Å². The molecule has 2 amide bonds. The number of rotatable bonds is 8. The van der Waals surface area contributed by atoms with Crippen LogP contribution < -0.4 is 9.64 Å². The molecule has 0 bridgehead atoms. The summed E-state index contributed by atoms with van der Waals surface area (Å²) in [6.07, 6.45) is 2.44. The summed E-state index contributed by atoms with van der Waals surface area (Å²) in [7, 11) is 1.58. The van der Waals surface area contributed by atoms with Crippen molar-refractivity contribution < 1.29 is 14.3 Å². The van der Waals surface area contributed by atoms with Gasteiger partial charge in [0, 0.05) is 43.9 Å². The summed E-state index contributed by atoms with van der Waals surface area (Å²) >= 11 is 0. The second-order valence-electron chi connectivity index (χ2n) is 9.07. The smallest absolute Gasteiger partial charge is 0.254 e. The number of aromatic nitrogens is 2. The molecule has 192 valence electrons. The summed E-state index contributed by atoms with van der Waals surface area (Å²) < 4.78 is 5.17. The lowest BCUT2D eigenvalue weighted by atomic mass is 10.1. The number of amides is 2. The molecule has 0 N–H and O–H groups in total. The van der Waals surface area contributed by atoms with Gasteiger partial charge in [-0.15, -0.1) is 16.8 Å². The molecule has 4 rings (SSSR count). The number of methoxy groups -OCH3 is 1. The lowest BCUT2D eigenvalue weighted by Gasteiger charge is -2.26. The van der Waals surface area contributed by atoms with Crippen LogP contribution in [-0.4, -0.2) is 78.2 Å². The molecule has 8 nitrogen and oxygen atoms in total. The number of aryl methyl sites for hydroxylation is 1. The maximum Gasteiger partial charge on any atom is 0.254 e. The summed E-state index contributed by atoms with van der Waals surface area (Å²) in [5.41, 5.74) is 3.57. The van der Waals surface area contributed by atoms with E-state index in [4.69, 9.17) is 4.74 Å². The molecule has 0 spiro atoms. The Hall–Kier alpha value is -4.20. The quantitative estimate of drug-likeness (QED) is 0.439. The minimum Gasteiger partial charge on any atom is -0.497 e. The van der Waals surface area contributed by atoms with E-state index in [9.17, 15) is 9.59 Å².